The molecule has 4 nitrogen and oxygen atoms in total. The van der Waals surface area contributed by atoms with Crippen molar-refractivity contribution in [3.05, 3.63) is 0 Å². The molecular formula is C12H24N2O2. The van der Waals surface area contributed by atoms with E-state index in [2.05, 4.69) is 24.5 Å². The number of amides is 1. The van der Waals surface area contributed by atoms with E-state index in [1.165, 1.54) is 0 Å². The summed E-state index contributed by atoms with van der Waals surface area (Å²) in [5.74, 6) is 0.0608. The lowest BCUT2D eigenvalue weighted by Crippen LogP contribution is -2.56. The molecule has 0 spiro atoms. The van der Waals surface area contributed by atoms with Gasteiger partial charge in [-0.25, -0.2) is 0 Å². The summed E-state index contributed by atoms with van der Waals surface area (Å²) in [4.78, 5) is 12.0. The molecule has 0 bridgehead atoms. The molecule has 2 atom stereocenters. The molecule has 1 saturated heterocycles. The zero-order valence-corrected chi connectivity index (χ0v) is 10.5. The predicted octanol–water partition coefficient (Wildman–Crippen LogP) is 0.652. The minimum atomic E-state index is -0.109. The third-order valence-corrected chi connectivity index (χ3v) is 3.34. The molecular weight excluding hydrogens is 204 g/mol. The third-order valence-electron chi connectivity index (χ3n) is 3.34. The van der Waals surface area contributed by atoms with Gasteiger partial charge >= 0.3 is 0 Å². The average molecular weight is 228 g/mol. The third kappa shape index (κ3) is 3.46. The molecule has 94 valence electrons. The molecule has 0 aliphatic carbocycles. The van der Waals surface area contributed by atoms with E-state index in [0.717, 1.165) is 19.4 Å². The molecule has 1 rings (SSSR count). The Morgan fingerprint density at radius 3 is 2.88 bits per heavy atom. The second-order valence-corrected chi connectivity index (χ2v) is 5.40. The van der Waals surface area contributed by atoms with Crippen LogP contribution in [0.5, 0.6) is 0 Å². The van der Waals surface area contributed by atoms with Crippen molar-refractivity contribution in [3.8, 4) is 0 Å². The van der Waals surface area contributed by atoms with Crippen LogP contribution in [0.15, 0.2) is 0 Å². The highest BCUT2D eigenvalue weighted by Crippen LogP contribution is 2.30. The maximum Gasteiger partial charge on any atom is 0.237 e. The summed E-state index contributed by atoms with van der Waals surface area (Å²) in [6.45, 7) is 7.20. The number of hydrogen-bond acceptors (Lipinski definition) is 3. The first-order valence-corrected chi connectivity index (χ1v) is 6.12. The van der Waals surface area contributed by atoms with Crippen LogP contribution in [0.1, 0.15) is 40.0 Å². The van der Waals surface area contributed by atoms with Gasteiger partial charge in [-0.05, 0) is 38.1 Å². The summed E-state index contributed by atoms with van der Waals surface area (Å²) in [7, 11) is 0. The summed E-state index contributed by atoms with van der Waals surface area (Å²) in [5.41, 5.74) is 0.0151. The Morgan fingerprint density at radius 1 is 1.62 bits per heavy atom. The lowest BCUT2D eigenvalue weighted by molar-refractivity contribution is -0.127. The highest BCUT2D eigenvalue weighted by Gasteiger charge is 2.37. The van der Waals surface area contributed by atoms with Crippen molar-refractivity contribution in [2.24, 2.45) is 5.41 Å². The lowest BCUT2D eigenvalue weighted by Gasteiger charge is -2.38. The smallest absolute Gasteiger partial charge is 0.237 e. The van der Waals surface area contributed by atoms with E-state index in [1.54, 1.807) is 0 Å². The van der Waals surface area contributed by atoms with E-state index in [0.29, 0.717) is 6.42 Å². The van der Waals surface area contributed by atoms with Gasteiger partial charge in [0.25, 0.3) is 0 Å². The Morgan fingerprint density at radius 2 is 2.31 bits per heavy atom. The van der Waals surface area contributed by atoms with Crippen LogP contribution in [0.4, 0.5) is 0 Å². The Bertz CT molecular complexity index is 241. The van der Waals surface area contributed by atoms with Gasteiger partial charge in [0.05, 0.1) is 6.04 Å². The molecule has 0 aromatic carbocycles. The van der Waals surface area contributed by atoms with Gasteiger partial charge < -0.3 is 15.7 Å². The average Bonchev–Trinajstić information content (AvgIpc) is 2.16. The van der Waals surface area contributed by atoms with E-state index >= 15 is 0 Å². The zero-order valence-electron chi connectivity index (χ0n) is 10.5. The number of piperidine rings is 1. The fourth-order valence-corrected chi connectivity index (χ4v) is 2.25. The number of aliphatic hydroxyl groups excluding tert-OH is 1. The van der Waals surface area contributed by atoms with Gasteiger partial charge in [0, 0.05) is 12.6 Å². The van der Waals surface area contributed by atoms with Gasteiger partial charge in [-0.3, -0.25) is 4.79 Å². The summed E-state index contributed by atoms with van der Waals surface area (Å²) in [6.07, 6.45) is 2.81. The van der Waals surface area contributed by atoms with Gasteiger partial charge in [-0.1, -0.05) is 13.8 Å². The van der Waals surface area contributed by atoms with Gasteiger partial charge in [0.1, 0.15) is 0 Å². The van der Waals surface area contributed by atoms with Gasteiger partial charge in [0.15, 0.2) is 0 Å². The van der Waals surface area contributed by atoms with Crippen molar-refractivity contribution in [1.29, 1.82) is 0 Å². The molecule has 16 heavy (non-hydrogen) atoms. The Kier molecular flexibility index (Phi) is 4.74. The van der Waals surface area contributed by atoms with Crippen molar-refractivity contribution in [1.82, 2.24) is 10.6 Å². The molecule has 0 radical (unpaired) electrons. The summed E-state index contributed by atoms with van der Waals surface area (Å²) < 4.78 is 0. The topological polar surface area (TPSA) is 61.4 Å². The molecule has 4 heteroatoms. The number of carbonyl (C=O) groups is 1. The normalized spacial score (nSPS) is 26.1. The number of rotatable bonds is 4. The van der Waals surface area contributed by atoms with Gasteiger partial charge in [-0.2, -0.15) is 0 Å². The Labute approximate surface area is 97.8 Å². The predicted molar refractivity (Wildman–Crippen MR) is 64.1 cm³/mol. The Balaban J connectivity index is 2.51. The quantitative estimate of drug-likeness (QED) is 0.662. The number of carbonyl (C=O) groups excluding carboxylic acids is 1. The molecule has 2 unspecified atom stereocenters. The molecule has 1 aliphatic rings. The minimum Gasteiger partial charge on any atom is -0.396 e. The van der Waals surface area contributed by atoms with E-state index in [-0.39, 0.29) is 30.0 Å². The van der Waals surface area contributed by atoms with Crippen LogP contribution in [-0.2, 0) is 4.79 Å². The molecule has 1 fully saturated rings. The maximum absolute atomic E-state index is 12.0. The fourth-order valence-electron chi connectivity index (χ4n) is 2.25. The van der Waals surface area contributed by atoms with Crippen molar-refractivity contribution in [2.75, 3.05) is 13.2 Å². The summed E-state index contributed by atoms with van der Waals surface area (Å²) >= 11 is 0. The maximum atomic E-state index is 12.0. The van der Waals surface area contributed by atoms with E-state index in [9.17, 15) is 4.79 Å². The zero-order chi connectivity index (χ0) is 12.2. The SMILES string of the molecule is CC(CCO)NC(=O)C1NCCCC1(C)C. The van der Waals surface area contributed by atoms with Crippen molar-refractivity contribution < 1.29 is 9.90 Å². The van der Waals surface area contributed by atoms with Crippen molar-refractivity contribution in [2.45, 2.75) is 52.1 Å². The monoisotopic (exact) mass is 228 g/mol. The summed E-state index contributed by atoms with van der Waals surface area (Å²) in [6, 6.07) is -0.0700. The molecule has 1 aliphatic heterocycles. The highest BCUT2D eigenvalue weighted by atomic mass is 16.3. The van der Waals surface area contributed by atoms with Gasteiger partial charge in [0.2, 0.25) is 5.91 Å². The van der Waals surface area contributed by atoms with E-state index < -0.39 is 0 Å². The van der Waals surface area contributed by atoms with Crippen LogP contribution >= 0.6 is 0 Å². The molecule has 0 saturated carbocycles. The second-order valence-electron chi connectivity index (χ2n) is 5.40. The number of hydrogen-bond donors (Lipinski definition) is 3. The lowest BCUT2D eigenvalue weighted by atomic mass is 9.77. The molecule has 0 aromatic heterocycles. The largest absolute Gasteiger partial charge is 0.396 e. The first kappa shape index (κ1) is 13.5. The van der Waals surface area contributed by atoms with E-state index in [1.807, 2.05) is 6.92 Å². The van der Waals surface area contributed by atoms with Crippen LogP contribution in [-0.4, -0.2) is 36.2 Å². The number of nitrogens with one attached hydrogen (secondary N) is 2. The molecule has 1 heterocycles. The Hall–Kier alpha value is -0.610. The standard InChI is InChI=1S/C12H24N2O2/c1-9(5-8-15)14-11(16)10-12(2,3)6-4-7-13-10/h9-10,13,15H,4-8H2,1-3H3,(H,14,16). The van der Waals surface area contributed by atoms with Crippen LogP contribution < -0.4 is 10.6 Å². The molecule has 3 N–H and O–H groups in total. The van der Waals surface area contributed by atoms with Crippen molar-refractivity contribution in [3.63, 3.8) is 0 Å². The van der Waals surface area contributed by atoms with Crippen LogP contribution in [0.3, 0.4) is 0 Å². The first-order valence-electron chi connectivity index (χ1n) is 6.12. The first-order chi connectivity index (χ1) is 7.47. The van der Waals surface area contributed by atoms with Crippen molar-refractivity contribution >= 4 is 5.91 Å². The number of aliphatic hydroxyl groups is 1. The van der Waals surface area contributed by atoms with Crippen LogP contribution in [0.25, 0.3) is 0 Å². The summed E-state index contributed by atoms with van der Waals surface area (Å²) in [5, 5.41) is 15.0. The van der Waals surface area contributed by atoms with Gasteiger partial charge in [-0.15, -0.1) is 0 Å². The second kappa shape index (κ2) is 5.64. The highest BCUT2D eigenvalue weighted by molar-refractivity contribution is 5.83. The minimum absolute atomic E-state index is 0.0151. The van der Waals surface area contributed by atoms with E-state index in [4.69, 9.17) is 5.11 Å². The molecule has 0 aromatic rings. The van der Waals surface area contributed by atoms with Crippen LogP contribution in [0.2, 0.25) is 0 Å². The van der Waals surface area contributed by atoms with Crippen LogP contribution in [0, 0.1) is 5.41 Å². The molecule has 1 amide bonds. The fraction of sp³-hybridized carbons (Fsp3) is 0.917.